The maximum Gasteiger partial charge on any atom is 0.234 e. The first-order chi connectivity index (χ1) is 8.30. The molecule has 0 saturated heterocycles. The van der Waals surface area contributed by atoms with Crippen LogP contribution in [0, 0.1) is 5.41 Å². The summed E-state index contributed by atoms with van der Waals surface area (Å²) in [7, 11) is 0. The molecule has 4 heteroatoms. The zero-order valence-corrected chi connectivity index (χ0v) is 12.8. The molecule has 0 rings (SSSR count). The van der Waals surface area contributed by atoms with Crippen LogP contribution < -0.4 is 11.1 Å². The van der Waals surface area contributed by atoms with Crippen LogP contribution in [0.25, 0.3) is 0 Å². The molecule has 108 valence electrons. The molecule has 0 atom stereocenters. The van der Waals surface area contributed by atoms with Crippen LogP contribution in [-0.2, 0) is 4.79 Å². The monoisotopic (exact) mass is 257 g/mol. The number of carbonyl (C=O) groups excluding carboxylic acids is 1. The van der Waals surface area contributed by atoms with Crippen LogP contribution in [0.15, 0.2) is 0 Å². The molecule has 0 aromatic rings. The van der Waals surface area contributed by atoms with Crippen molar-refractivity contribution in [2.24, 2.45) is 11.1 Å². The fourth-order valence-corrected chi connectivity index (χ4v) is 1.80. The highest BCUT2D eigenvalue weighted by Crippen LogP contribution is 2.20. The van der Waals surface area contributed by atoms with Gasteiger partial charge in [0.25, 0.3) is 0 Å². The van der Waals surface area contributed by atoms with E-state index in [0.717, 1.165) is 25.9 Å². The highest BCUT2D eigenvalue weighted by molar-refractivity contribution is 5.78. The second kappa shape index (κ2) is 8.48. The number of likely N-dealkylation sites (N-methyl/N-ethyl adjacent to an activating group) is 1. The van der Waals surface area contributed by atoms with Crippen LogP contribution in [0.5, 0.6) is 0 Å². The molecular weight excluding hydrogens is 226 g/mol. The maximum atomic E-state index is 11.7. The molecule has 0 spiro atoms. The Morgan fingerprint density at radius 2 is 2.00 bits per heavy atom. The van der Waals surface area contributed by atoms with Gasteiger partial charge in [-0.05, 0) is 51.7 Å². The molecule has 4 nitrogen and oxygen atoms in total. The van der Waals surface area contributed by atoms with E-state index in [9.17, 15) is 4.79 Å². The van der Waals surface area contributed by atoms with Crippen molar-refractivity contribution in [2.75, 3.05) is 26.2 Å². The number of hydrogen-bond acceptors (Lipinski definition) is 3. The summed E-state index contributed by atoms with van der Waals surface area (Å²) < 4.78 is 0. The Bertz CT molecular complexity index is 239. The molecule has 0 aliphatic carbocycles. The summed E-state index contributed by atoms with van der Waals surface area (Å²) in [4.78, 5) is 13.9. The lowest BCUT2D eigenvalue weighted by molar-refractivity contribution is -0.122. The zero-order chi connectivity index (χ0) is 14.2. The van der Waals surface area contributed by atoms with Gasteiger partial charge in [-0.1, -0.05) is 20.8 Å². The Morgan fingerprint density at radius 1 is 1.39 bits per heavy atom. The first-order valence-corrected chi connectivity index (χ1v) is 7.02. The number of rotatable bonds is 9. The summed E-state index contributed by atoms with van der Waals surface area (Å²) >= 11 is 0. The van der Waals surface area contributed by atoms with Gasteiger partial charge in [-0.3, -0.25) is 9.69 Å². The summed E-state index contributed by atoms with van der Waals surface area (Å²) in [6.07, 6.45) is 2.19. The van der Waals surface area contributed by atoms with Crippen molar-refractivity contribution in [2.45, 2.75) is 53.5 Å². The molecule has 3 N–H and O–H groups in total. The minimum atomic E-state index is 0.116. The number of hydrogen-bond donors (Lipinski definition) is 2. The fourth-order valence-electron chi connectivity index (χ4n) is 1.80. The van der Waals surface area contributed by atoms with Gasteiger partial charge in [-0.25, -0.2) is 0 Å². The molecule has 0 aliphatic heterocycles. The summed E-state index contributed by atoms with van der Waals surface area (Å²) in [5, 5.41) is 2.92. The number of amides is 1. The standard InChI is InChI=1S/C14H31N3O/c1-6-17(10-13(18)16-12(2)3)9-7-8-14(4,5)11-15/h12H,6-11,15H2,1-5H3,(H,16,18). The summed E-state index contributed by atoms with van der Waals surface area (Å²) in [6, 6.07) is 0.215. The van der Waals surface area contributed by atoms with E-state index in [-0.39, 0.29) is 17.4 Å². The molecule has 0 radical (unpaired) electrons. The van der Waals surface area contributed by atoms with E-state index in [4.69, 9.17) is 5.73 Å². The predicted octanol–water partition coefficient (Wildman–Crippen LogP) is 1.60. The SMILES string of the molecule is CCN(CCCC(C)(C)CN)CC(=O)NC(C)C. The Balaban J connectivity index is 3.94. The van der Waals surface area contributed by atoms with Crippen LogP contribution in [-0.4, -0.2) is 43.0 Å². The van der Waals surface area contributed by atoms with Crippen molar-refractivity contribution in [3.8, 4) is 0 Å². The van der Waals surface area contributed by atoms with E-state index < -0.39 is 0 Å². The lowest BCUT2D eigenvalue weighted by Gasteiger charge is -2.25. The normalized spacial score (nSPS) is 12.2. The van der Waals surface area contributed by atoms with Gasteiger partial charge >= 0.3 is 0 Å². The zero-order valence-electron chi connectivity index (χ0n) is 12.8. The Hall–Kier alpha value is -0.610. The molecule has 0 unspecified atom stereocenters. The van der Waals surface area contributed by atoms with Gasteiger partial charge in [0.15, 0.2) is 0 Å². The third-order valence-corrected chi connectivity index (χ3v) is 3.14. The van der Waals surface area contributed by atoms with E-state index in [2.05, 4.69) is 31.0 Å². The second-order valence-electron chi connectivity index (χ2n) is 6.06. The first kappa shape index (κ1) is 17.4. The van der Waals surface area contributed by atoms with Gasteiger partial charge in [0.05, 0.1) is 6.54 Å². The van der Waals surface area contributed by atoms with Crippen LogP contribution in [0.1, 0.15) is 47.5 Å². The van der Waals surface area contributed by atoms with E-state index in [1.165, 1.54) is 0 Å². The van der Waals surface area contributed by atoms with Gasteiger partial charge < -0.3 is 11.1 Å². The van der Waals surface area contributed by atoms with Gasteiger partial charge in [-0.15, -0.1) is 0 Å². The molecule has 0 aromatic heterocycles. The average Bonchev–Trinajstić information content (AvgIpc) is 2.26. The average molecular weight is 257 g/mol. The van der Waals surface area contributed by atoms with Gasteiger partial charge in [-0.2, -0.15) is 0 Å². The number of nitrogens with two attached hydrogens (primary N) is 1. The third-order valence-electron chi connectivity index (χ3n) is 3.14. The van der Waals surface area contributed by atoms with E-state index in [0.29, 0.717) is 13.1 Å². The van der Waals surface area contributed by atoms with Gasteiger partial charge in [0.1, 0.15) is 0 Å². The molecule has 1 amide bonds. The summed E-state index contributed by atoms with van der Waals surface area (Å²) in [5.41, 5.74) is 5.92. The lowest BCUT2D eigenvalue weighted by atomic mass is 9.88. The Labute approximate surface area is 112 Å². The van der Waals surface area contributed by atoms with Crippen LogP contribution in [0.4, 0.5) is 0 Å². The highest BCUT2D eigenvalue weighted by Gasteiger charge is 2.16. The van der Waals surface area contributed by atoms with Gasteiger partial charge in [0.2, 0.25) is 5.91 Å². The number of nitrogens with one attached hydrogen (secondary N) is 1. The Morgan fingerprint density at radius 3 is 2.44 bits per heavy atom. The molecule has 18 heavy (non-hydrogen) atoms. The van der Waals surface area contributed by atoms with Crippen LogP contribution >= 0.6 is 0 Å². The van der Waals surface area contributed by atoms with Crippen LogP contribution in [0.3, 0.4) is 0 Å². The van der Waals surface area contributed by atoms with Gasteiger partial charge in [0, 0.05) is 6.04 Å². The van der Waals surface area contributed by atoms with Crippen molar-refractivity contribution in [1.29, 1.82) is 0 Å². The molecule has 0 saturated carbocycles. The maximum absolute atomic E-state index is 11.7. The van der Waals surface area contributed by atoms with Crippen molar-refractivity contribution in [3.05, 3.63) is 0 Å². The summed E-state index contributed by atoms with van der Waals surface area (Å²) in [6.45, 7) is 13.5. The molecule has 0 fully saturated rings. The molecular formula is C14H31N3O. The highest BCUT2D eigenvalue weighted by atomic mass is 16.2. The Kier molecular flexibility index (Phi) is 8.20. The number of carbonyl (C=O) groups is 1. The van der Waals surface area contributed by atoms with Crippen molar-refractivity contribution < 1.29 is 4.79 Å². The third kappa shape index (κ3) is 8.48. The molecule has 0 bridgehead atoms. The largest absolute Gasteiger partial charge is 0.353 e. The molecule has 0 aliphatic rings. The van der Waals surface area contributed by atoms with Crippen molar-refractivity contribution in [3.63, 3.8) is 0 Å². The summed E-state index contributed by atoms with van der Waals surface area (Å²) in [5.74, 6) is 0.116. The van der Waals surface area contributed by atoms with Crippen LogP contribution in [0.2, 0.25) is 0 Å². The van der Waals surface area contributed by atoms with Crippen molar-refractivity contribution in [1.82, 2.24) is 10.2 Å². The smallest absolute Gasteiger partial charge is 0.234 e. The predicted molar refractivity (Wildman–Crippen MR) is 77.5 cm³/mol. The minimum absolute atomic E-state index is 0.116. The first-order valence-electron chi connectivity index (χ1n) is 7.02. The topological polar surface area (TPSA) is 58.4 Å². The minimum Gasteiger partial charge on any atom is -0.353 e. The quantitative estimate of drug-likeness (QED) is 0.659. The number of nitrogens with zero attached hydrogens (tertiary/aromatic N) is 1. The fraction of sp³-hybridized carbons (Fsp3) is 0.929. The van der Waals surface area contributed by atoms with E-state index in [1.54, 1.807) is 0 Å². The molecule has 0 aromatic carbocycles. The lowest BCUT2D eigenvalue weighted by Crippen LogP contribution is -2.40. The molecule has 0 heterocycles. The van der Waals surface area contributed by atoms with E-state index in [1.807, 2.05) is 13.8 Å². The second-order valence-corrected chi connectivity index (χ2v) is 6.06. The van der Waals surface area contributed by atoms with Crippen molar-refractivity contribution >= 4 is 5.91 Å². The van der Waals surface area contributed by atoms with E-state index >= 15 is 0 Å².